The summed E-state index contributed by atoms with van der Waals surface area (Å²) >= 11 is 0. The number of esters is 1. The van der Waals surface area contributed by atoms with Crippen molar-refractivity contribution >= 4 is 12.1 Å². The predicted molar refractivity (Wildman–Crippen MR) is 72.6 cm³/mol. The van der Waals surface area contributed by atoms with Crippen LogP contribution in [-0.4, -0.2) is 38.9 Å². The van der Waals surface area contributed by atoms with Crippen molar-refractivity contribution in [2.45, 2.75) is 52.5 Å². The van der Waals surface area contributed by atoms with Crippen LogP contribution < -0.4 is 0 Å². The molecule has 2 aliphatic heterocycles. The molecule has 114 valence electrons. The Morgan fingerprint density at radius 2 is 2.10 bits per heavy atom. The maximum atomic E-state index is 12.2. The molecule has 0 aromatic carbocycles. The molecule has 0 atom stereocenters. The molecule has 0 saturated carbocycles. The highest BCUT2D eigenvalue weighted by atomic mass is 16.6. The lowest BCUT2D eigenvalue weighted by molar-refractivity contribution is 0.0234. The number of amides is 1. The minimum atomic E-state index is -0.523. The number of carbonyl (C=O) groups is 2. The number of cyclic esters (lactones) is 1. The minimum absolute atomic E-state index is 0.242. The SMILES string of the molecule is CC(C)(C)OC(=O)N1CCCn2nc3c(c2C1)COC3=O. The van der Waals surface area contributed by atoms with Crippen molar-refractivity contribution in [3.05, 3.63) is 17.0 Å². The van der Waals surface area contributed by atoms with Gasteiger partial charge in [0.25, 0.3) is 0 Å². The van der Waals surface area contributed by atoms with E-state index in [1.165, 1.54) is 0 Å². The zero-order valence-corrected chi connectivity index (χ0v) is 12.5. The van der Waals surface area contributed by atoms with Gasteiger partial charge >= 0.3 is 12.1 Å². The van der Waals surface area contributed by atoms with Crippen molar-refractivity contribution in [2.75, 3.05) is 6.54 Å². The average molecular weight is 293 g/mol. The molecule has 0 saturated heterocycles. The molecule has 3 rings (SSSR count). The van der Waals surface area contributed by atoms with Crippen LogP contribution in [0.4, 0.5) is 4.79 Å². The third kappa shape index (κ3) is 2.59. The van der Waals surface area contributed by atoms with E-state index in [0.717, 1.165) is 17.7 Å². The predicted octanol–water partition coefficient (Wildman–Crippen LogP) is 1.69. The van der Waals surface area contributed by atoms with Gasteiger partial charge in [0.2, 0.25) is 0 Å². The van der Waals surface area contributed by atoms with E-state index in [2.05, 4.69) is 5.10 Å². The molecule has 7 heteroatoms. The van der Waals surface area contributed by atoms with Crippen LogP contribution in [0.15, 0.2) is 0 Å². The van der Waals surface area contributed by atoms with Crippen LogP contribution >= 0.6 is 0 Å². The Kier molecular flexibility index (Phi) is 3.15. The standard InChI is InChI=1S/C14H19N3O4/c1-14(2,3)21-13(19)16-5-4-6-17-10(7-16)9-8-20-12(18)11(9)15-17/h4-8H2,1-3H3. The molecule has 21 heavy (non-hydrogen) atoms. The third-order valence-electron chi connectivity index (χ3n) is 3.50. The average Bonchev–Trinajstić information content (AvgIpc) is 2.80. The van der Waals surface area contributed by atoms with Gasteiger partial charge in [0.1, 0.15) is 12.2 Å². The molecular formula is C14H19N3O4. The number of fused-ring (bicyclic) bond motifs is 3. The Hall–Kier alpha value is -2.05. The fourth-order valence-electron chi connectivity index (χ4n) is 2.57. The van der Waals surface area contributed by atoms with Crippen molar-refractivity contribution in [1.29, 1.82) is 0 Å². The van der Waals surface area contributed by atoms with E-state index in [1.807, 2.05) is 25.5 Å². The molecule has 2 aliphatic rings. The van der Waals surface area contributed by atoms with Crippen LogP contribution in [-0.2, 0) is 29.2 Å². The lowest BCUT2D eigenvalue weighted by Gasteiger charge is -2.26. The number of hydrogen-bond donors (Lipinski definition) is 0. The number of hydrogen-bond acceptors (Lipinski definition) is 5. The van der Waals surface area contributed by atoms with E-state index in [-0.39, 0.29) is 18.7 Å². The fraction of sp³-hybridized carbons (Fsp3) is 0.643. The first-order valence-corrected chi connectivity index (χ1v) is 7.09. The number of nitrogens with zero attached hydrogens (tertiary/aromatic N) is 3. The second-order valence-electron chi connectivity index (χ2n) is 6.33. The number of rotatable bonds is 0. The van der Waals surface area contributed by atoms with Gasteiger partial charge in [-0.2, -0.15) is 5.10 Å². The minimum Gasteiger partial charge on any atom is -0.456 e. The summed E-state index contributed by atoms with van der Waals surface area (Å²) in [6, 6.07) is 0. The van der Waals surface area contributed by atoms with Crippen molar-refractivity contribution < 1.29 is 19.1 Å². The van der Waals surface area contributed by atoms with Crippen LogP contribution in [0, 0.1) is 0 Å². The lowest BCUT2D eigenvalue weighted by atomic mass is 10.2. The van der Waals surface area contributed by atoms with E-state index in [4.69, 9.17) is 9.47 Å². The number of ether oxygens (including phenoxy) is 2. The maximum Gasteiger partial charge on any atom is 0.410 e. The largest absolute Gasteiger partial charge is 0.456 e. The van der Waals surface area contributed by atoms with E-state index in [9.17, 15) is 9.59 Å². The topological polar surface area (TPSA) is 73.7 Å². The highest BCUT2D eigenvalue weighted by Gasteiger charge is 2.33. The summed E-state index contributed by atoms with van der Waals surface area (Å²) in [5.74, 6) is -0.380. The first kappa shape index (κ1) is 13.9. The summed E-state index contributed by atoms with van der Waals surface area (Å²) < 4.78 is 12.2. The fourth-order valence-corrected chi connectivity index (χ4v) is 2.57. The van der Waals surface area contributed by atoms with Crippen molar-refractivity contribution in [3.63, 3.8) is 0 Å². The Morgan fingerprint density at radius 1 is 1.33 bits per heavy atom. The van der Waals surface area contributed by atoms with Gasteiger partial charge < -0.3 is 14.4 Å². The Balaban J connectivity index is 1.84. The Labute approximate surface area is 122 Å². The van der Waals surface area contributed by atoms with Crippen molar-refractivity contribution in [1.82, 2.24) is 14.7 Å². The number of aryl methyl sites for hydroxylation is 1. The van der Waals surface area contributed by atoms with E-state index >= 15 is 0 Å². The second-order valence-corrected chi connectivity index (χ2v) is 6.33. The first-order chi connectivity index (χ1) is 9.85. The summed E-state index contributed by atoms with van der Waals surface area (Å²) in [4.78, 5) is 25.5. The van der Waals surface area contributed by atoms with Crippen LogP contribution in [0.1, 0.15) is 48.9 Å². The second kappa shape index (κ2) is 4.75. The van der Waals surface area contributed by atoms with Gasteiger partial charge in [-0.15, -0.1) is 0 Å². The molecule has 0 bridgehead atoms. The molecular weight excluding hydrogens is 274 g/mol. The summed E-state index contributed by atoms with van der Waals surface area (Å²) in [7, 11) is 0. The smallest absolute Gasteiger partial charge is 0.410 e. The first-order valence-electron chi connectivity index (χ1n) is 7.09. The third-order valence-corrected chi connectivity index (χ3v) is 3.50. The Morgan fingerprint density at radius 3 is 2.81 bits per heavy atom. The Bertz CT molecular complexity index is 600. The molecule has 0 radical (unpaired) electrons. The summed E-state index contributed by atoms with van der Waals surface area (Å²) in [5, 5.41) is 4.30. The molecule has 7 nitrogen and oxygen atoms in total. The summed E-state index contributed by atoms with van der Waals surface area (Å²) in [6.45, 7) is 7.47. The van der Waals surface area contributed by atoms with E-state index in [1.54, 1.807) is 4.90 Å². The highest BCUT2D eigenvalue weighted by Crippen LogP contribution is 2.26. The molecule has 0 fully saturated rings. The normalized spacial score (nSPS) is 17.9. The zero-order valence-electron chi connectivity index (χ0n) is 12.5. The summed E-state index contributed by atoms with van der Waals surface area (Å²) in [6.07, 6.45) is 0.443. The van der Waals surface area contributed by atoms with Crippen LogP contribution in [0.3, 0.4) is 0 Å². The molecule has 0 spiro atoms. The van der Waals surface area contributed by atoms with Gasteiger partial charge in [-0.3, -0.25) is 4.68 Å². The molecule has 0 N–H and O–H groups in total. The van der Waals surface area contributed by atoms with E-state index < -0.39 is 5.60 Å². The van der Waals surface area contributed by atoms with Gasteiger partial charge in [0.05, 0.1) is 12.2 Å². The monoisotopic (exact) mass is 293 g/mol. The lowest BCUT2D eigenvalue weighted by Crippen LogP contribution is -2.36. The van der Waals surface area contributed by atoms with Gasteiger partial charge in [0, 0.05) is 18.7 Å². The van der Waals surface area contributed by atoms with Gasteiger partial charge in [-0.25, -0.2) is 9.59 Å². The molecule has 0 aliphatic carbocycles. The van der Waals surface area contributed by atoms with Crippen molar-refractivity contribution in [2.24, 2.45) is 0 Å². The quantitative estimate of drug-likeness (QED) is 0.681. The number of aromatic nitrogens is 2. The van der Waals surface area contributed by atoms with Crippen LogP contribution in [0.25, 0.3) is 0 Å². The summed E-state index contributed by atoms with van der Waals surface area (Å²) in [5.41, 5.74) is 1.54. The molecule has 3 heterocycles. The zero-order chi connectivity index (χ0) is 15.2. The molecule has 1 aromatic rings. The molecule has 0 unspecified atom stereocenters. The van der Waals surface area contributed by atoms with Crippen LogP contribution in [0.5, 0.6) is 0 Å². The van der Waals surface area contributed by atoms with E-state index in [0.29, 0.717) is 25.3 Å². The molecule has 1 aromatic heterocycles. The highest BCUT2D eigenvalue weighted by molar-refractivity contribution is 5.91. The maximum absolute atomic E-state index is 12.2. The van der Waals surface area contributed by atoms with Crippen molar-refractivity contribution in [3.8, 4) is 0 Å². The van der Waals surface area contributed by atoms with Gasteiger partial charge in [-0.05, 0) is 27.2 Å². The number of carbonyl (C=O) groups excluding carboxylic acids is 2. The molecule has 1 amide bonds. The van der Waals surface area contributed by atoms with Crippen LogP contribution in [0.2, 0.25) is 0 Å². The van der Waals surface area contributed by atoms with Gasteiger partial charge in [0.15, 0.2) is 5.69 Å². The van der Waals surface area contributed by atoms with Gasteiger partial charge in [-0.1, -0.05) is 0 Å².